The highest BCUT2D eigenvalue weighted by Crippen LogP contribution is 2.22. The van der Waals surface area contributed by atoms with E-state index in [1.807, 2.05) is 36.4 Å². The molecule has 2 aromatic carbocycles. The van der Waals surface area contributed by atoms with Gasteiger partial charge in [0.15, 0.2) is 0 Å². The zero-order valence-electron chi connectivity index (χ0n) is 9.88. The number of hydrogen-bond donors (Lipinski definition) is 0. The normalized spacial score (nSPS) is 10.4. The van der Waals surface area contributed by atoms with Crippen molar-refractivity contribution in [3.8, 4) is 6.07 Å². The molecule has 0 heterocycles. The first-order valence-electron chi connectivity index (χ1n) is 5.43. The maximum Gasteiger partial charge on any atom is 0.338 e. The average Bonchev–Trinajstić information content (AvgIpc) is 2.43. The van der Waals surface area contributed by atoms with E-state index < -0.39 is 5.97 Å². The fourth-order valence-corrected chi connectivity index (χ4v) is 1.81. The van der Waals surface area contributed by atoms with Gasteiger partial charge in [-0.25, -0.2) is 4.79 Å². The molecule has 0 aliphatic heterocycles. The maximum absolute atomic E-state index is 11.7. The maximum atomic E-state index is 11.7. The van der Waals surface area contributed by atoms with Gasteiger partial charge >= 0.3 is 5.97 Å². The molecule has 0 aromatic heterocycles. The molecule has 3 nitrogen and oxygen atoms in total. The van der Waals surface area contributed by atoms with Gasteiger partial charge in [-0.15, -0.1) is 0 Å². The highest BCUT2D eigenvalue weighted by atomic mass is 16.5. The molecule has 18 heavy (non-hydrogen) atoms. The summed E-state index contributed by atoms with van der Waals surface area (Å²) in [5.74, 6) is -0.404. The van der Waals surface area contributed by atoms with Gasteiger partial charge in [0.05, 0.1) is 18.7 Å². The van der Waals surface area contributed by atoms with Crippen LogP contribution in [-0.4, -0.2) is 13.1 Å². The fraction of sp³-hybridized carbons (Fsp3) is 0.0667. The van der Waals surface area contributed by atoms with Crippen molar-refractivity contribution in [3.05, 3.63) is 53.6 Å². The largest absolute Gasteiger partial charge is 0.465 e. The molecular formula is C15H11NO2. The number of nitriles is 1. The smallest absolute Gasteiger partial charge is 0.338 e. The first-order chi connectivity index (χ1) is 8.76. The van der Waals surface area contributed by atoms with Crippen LogP contribution in [0.2, 0.25) is 0 Å². The number of rotatable bonds is 2. The van der Waals surface area contributed by atoms with Crippen molar-refractivity contribution in [2.45, 2.75) is 0 Å². The van der Waals surface area contributed by atoms with Crippen molar-refractivity contribution in [1.82, 2.24) is 0 Å². The number of carbonyl (C=O) groups excluding carboxylic acids is 1. The van der Waals surface area contributed by atoms with Crippen molar-refractivity contribution in [1.29, 1.82) is 5.26 Å². The van der Waals surface area contributed by atoms with E-state index in [0.717, 1.165) is 10.8 Å². The van der Waals surface area contributed by atoms with E-state index in [1.54, 1.807) is 12.1 Å². The molecule has 88 valence electrons. The highest BCUT2D eigenvalue weighted by Gasteiger charge is 2.11. The van der Waals surface area contributed by atoms with E-state index in [-0.39, 0.29) is 0 Å². The third-order valence-electron chi connectivity index (χ3n) is 2.66. The number of methoxy groups -OCH3 is 1. The van der Waals surface area contributed by atoms with E-state index in [2.05, 4.69) is 0 Å². The molecule has 0 N–H and O–H groups in total. The third kappa shape index (κ3) is 2.23. The number of hydrogen-bond acceptors (Lipinski definition) is 3. The van der Waals surface area contributed by atoms with Gasteiger partial charge < -0.3 is 4.74 Å². The van der Waals surface area contributed by atoms with Gasteiger partial charge in [-0.2, -0.15) is 5.26 Å². The Hall–Kier alpha value is -2.60. The average molecular weight is 237 g/mol. The van der Waals surface area contributed by atoms with Crippen LogP contribution in [-0.2, 0) is 4.74 Å². The van der Waals surface area contributed by atoms with E-state index in [9.17, 15) is 4.79 Å². The minimum absolute atomic E-state index is 0.404. The van der Waals surface area contributed by atoms with Crippen LogP contribution in [0.5, 0.6) is 0 Å². The van der Waals surface area contributed by atoms with Gasteiger partial charge in [-0.05, 0) is 34.5 Å². The van der Waals surface area contributed by atoms with Crippen LogP contribution in [0.25, 0.3) is 16.8 Å². The minimum atomic E-state index is -0.404. The first-order valence-corrected chi connectivity index (χ1v) is 5.43. The predicted molar refractivity (Wildman–Crippen MR) is 69.9 cm³/mol. The molecule has 2 rings (SSSR count). The molecule has 0 saturated heterocycles. The summed E-state index contributed by atoms with van der Waals surface area (Å²) in [6, 6.07) is 13.3. The van der Waals surface area contributed by atoms with Crippen LogP contribution in [0, 0.1) is 11.3 Å². The molecule has 3 heteroatoms. The minimum Gasteiger partial charge on any atom is -0.465 e. The number of fused-ring (bicyclic) bond motifs is 1. The second-order valence-corrected chi connectivity index (χ2v) is 3.74. The van der Waals surface area contributed by atoms with Gasteiger partial charge in [-0.3, -0.25) is 0 Å². The number of allylic oxidation sites excluding steroid dienone is 1. The lowest BCUT2D eigenvalue weighted by molar-refractivity contribution is 0.0600. The summed E-state index contributed by atoms with van der Waals surface area (Å²) in [4.78, 5) is 11.7. The van der Waals surface area contributed by atoms with Crippen LogP contribution < -0.4 is 0 Å². The van der Waals surface area contributed by atoms with Crippen LogP contribution >= 0.6 is 0 Å². The Bertz CT molecular complexity index is 666. The standard InChI is InChI=1S/C15H11NO2/c1-18-15(17)14-10-12-6-3-2-5-11(12)9-13(14)7-4-8-16/h2-7,9-10H,1H3. The summed E-state index contributed by atoms with van der Waals surface area (Å²) >= 11 is 0. The van der Waals surface area contributed by atoms with Crippen molar-refractivity contribution in [2.24, 2.45) is 0 Å². The Kier molecular flexibility index (Phi) is 3.40. The Morgan fingerprint density at radius 1 is 1.28 bits per heavy atom. The molecule has 0 atom stereocenters. The van der Waals surface area contributed by atoms with Gasteiger partial charge in [0, 0.05) is 6.08 Å². The van der Waals surface area contributed by atoms with Crippen LogP contribution in [0.4, 0.5) is 0 Å². The monoisotopic (exact) mass is 237 g/mol. The quantitative estimate of drug-likeness (QED) is 0.595. The molecule has 0 radical (unpaired) electrons. The molecule has 0 bridgehead atoms. The summed E-state index contributed by atoms with van der Waals surface area (Å²) < 4.78 is 4.75. The van der Waals surface area contributed by atoms with Crippen LogP contribution in [0.15, 0.2) is 42.5 Å². The van der Waals surface area contributed by atoms with E-state index in [1.165, 1.54) is 13.2 Å². The van der Waals surface area contributed by atoms with E-state index in [0.29, 0.717) is 11.1 Å². The summed E-state index contributed by atoms with van der Waals surface area (Å²) in [7, 11) is 1.34. The fourth-order valence-electron chi connectivity index (χ4n) is 1.81. The lowest BCUT2D eigenvalue weighted by Gasteiger charge is -2.06. The van der Waals surface area contributed by atoms with Gasteiger partial charge in [0.25, 0.3) is 0 Å². The van der Waals surface area contributed by atoms with Gasteiger partial charge in [0.2, 0.25) is 0 Å². The Labute approximate surface area is 105 Å². The lowest BCUT2D eigenvalue weighted by Crippen LogP contribution is -2.03. The van der Waals surface area contributed by atoms with E-state index in [4.69, 9.17) is 10.00 Å². The topological polar surface area (TPSA) is 50.1 Å². The van der Waals surface area contributed by atoms with Gasteiger partial charge in [0.1, 0.15) is 0 Å². The Morgan fingerprint density at radius 3 is 2.56 bits per heavy atom. The predicted octanol–water partition coefficient (Wildman–Crippen LogP) is 3.16. The number of carbonyl (C=O) groups is 1. The van der Waals surface area contributed by atoms with Crippen LogP contribution in [0.1, 0.15) is 15.9 Å². The molecule has 0 spiro atoms. The summed E-state index contributed by atoms with van der Waals surface area (Å²) in [5, 5.41) is 10.6. The summed E-state index contributed by atoms with van der Waals surface area (Å²) in [5.41, 5.74) is 1.14. The number of esters is 1. The molecular weight excluding hydrogens is 226 g/mol. The zero-order valence-corrected chi connectivity index (χ0v) is 9.88. The molecule has 0 unspecified atom stereocenters. The molecule has 0 fully saturated rings. The van der Waals surface area contributed by atoms with Crippen molar-refractivity contribution in [3.63, 3.8) is 0 Å². The summed E-state index contributed by atoms with van der Waals surface area (Å²) in [6.07, 6.45) is 2.95. The molecule has 0 aliphatic rings. The first kappa shape index (κ1) is 11.9. The lowest BCUT2D eigenvalue weighted by atomic mass is 10.0. The second kappa shape index (κ2) is 5.15. The van der Waals surface area contributed by atoms with E-state index >= 15 is 0 Å². The highest BCUT2D eigenvalue weighted by molar-refractivity contribution is 5.99. The number of nitrogens with zero attached hydrogens (tertiary/aromatic N) is 1. The molecule has 0 amide bonds. The zero-order chi connectivity index (χ0) is 13.0. The van der Waals surface area contributed by atoms with Crippen molar-refractivity contribution >= 4 is 22.8 Å². The Morgan fingerprint density at radius 2 is 1.94 bits per heavy atom. The third-order valence-corrected chi connectivity index (χ3v) is 2.66. The number of ether oxygens (including phenoxy) is 1. The summed E-state index contributed by atoms with van der Waals surface area (Å²) in [6.45, 7) is 0. The van der Waals surface area contributed by atoms with Crippen molar-refractivity contribution in [2.75, 3.05) is 7.11 Å². The molecule has 2 aromatic rings. The van der Waals surface area contributed by atoms with Gasteiger partial charge in [-0.1, -0.05) is 24.3 Å². The van der Waals surface area contributed by atoms with Crippen LogP contribution in [0.3, 0.4) is 0 Å². The molecule has 0 saturated carbocycles. The number of benzene rings is 2. The van der Waals surface area contributed by atoms with Crippen molar-refractivity contribution < 1.29 is 9.53 Å². The SMILES string of the molecule is COC(=O)c1cc2ccccc2cc1C=CC#N. The Balaban J connectivity index is 2.68. The molecule has 0 aliphatic carbocycles. The second-order valence-electron chi connectivity index (χ2n) is 3.74.